The van der Waals surface area contributed by atoms with Gasteiger partial charge in [-0.05, 0) is 31.7 Å². The molecule has 1 saturated carbocycles. The molecule has 1 aromatic rings. The molecule has 1 aliphatic rings. The van der Waals surface area contributed by atoms with E-state index in [4.69, 9.17) is 16.3 Å². The molecule has 0 aliphatic heterocycles. The van der Waals surface area contributed by atoms with Crippen molar-refractivity contribution in [3.8, 4) is 0 Å². The fourth-order valence-electron chi connectivity index (χ4n) is 2.88. The summed E-state index contributed by atoms with van der Waals surface area (Å²) in [5.74, 6) is -0.665. The zero-order chi connectivity index (χ0) is 18.4. The van der Waals surface area contributed by atoms with Crippen LogP contribution in [0.25, 0.3) is 0 Å². The van der Waals surface area contributed by atoms with Gasteiger partial charge in [-0.25, -0.2) is 0 Å². The minimum absolute atomic E-state index is 0.107. The van der Waals surface area contributed by atoms with Gasteiger partial charge >= 0.3 is 5.97 Å². The van der Waals surface area contributed by atoms with Gasteiger partial charge in [-0.15, -0.1) is 0 Å². The van der Waals surface area contributed by atoms with Gasteiger partial charge in [0.15, 0.2) is 6.10 Å². The van der Waals surface area contributed by atoms with Crippen molar-refractivity contribution in [2.24, 2.45) is 5.92 Å². The summed E-state index contributed by atoms with van der Waals surface area (Å²) in [7, 11) is 0. The number of anilines is 1. The maximum absolute atomic E-state index is 12.2. The van der Waals surface area contributed by atoms with Gasteiger partial charge in [-0.2, -0.15) is 0 Å². The molecule has 1 N–H and O–H groups in total. The van der Waals surface area contributed by atoms with Crippen LogP contribution in [0.15, 0.2) is 18.2 Å². The number of nitrogens with one attached hydrogen (secondary N) is 1. The van der Waals surface area contributed by atoms with E-state index in [1.807, 2.05) is 0 Å². The zero-order valence-electron chi connectivity index (χ0n) is 14.0. The highest BCUT2D eigenvalue weighted by molar-refractivity contribution is 6.33. The number of carbonyl (C=O) groups excluding carboxylic acids is 2. The number of benzene rings is 1. The maximum atomic E-state index is 12.2. The molecule has 0 saturated heterocycles. The van der Waals surface area contributed by atoms with E-state index in [-0.39, 0.29) is 16.4 Å². The van der Waals surface area contributed by atoms with Crippen molar-refractivity contribution in [3.05, 3.63) is 33.3 Å². The summed E-state index contributed by atoms with van der Waals surface area (Å²) in [6, 6.07) is 3.73. The highest BCUT2D eigenvalue weighted by Crippen LogP contribution is 2.28. The molecule has 1 aliphatic carbocycles. The van der Waals surface area contributed by atoms with Crippen LogP contribution in [0, 0.1) is 16.0 Å². The third-order valence-corrected chi connectivity index (χ3v) is 4.61. The van der Waals surface area contributed by atoms with Gasteiger partial charge in [0.05, 0.1) is 15.6 Å². The molecule has 1 fully saturated rings. The lowest BCUT2D eigenvalue weighted by Gasteiger charge is -2.21. The number of nitrogens with zero attached hydrogens (tertiary/aromatic N) is 1. The number of hydrogen-bond donors (Lipinski definition) is 1. The standard InChI is InChI=1S/C17H21ClN2O5/c1-11(25-16(21)9-12-5-3-2-4-6-12)17(22)19-15-10-13(20(23)24)7-8-14(15)18/h7-8,10-12H,2-6,9H2,1H3,(H,19,22). The summed E-state index contributed by atoms with van der Waals surface area (Å²) in [4.78, 5) is 34.3. The lowest BCUT2D eigenvalue weighted by Crippen LogP contribution is -2.30. The topological polar surface area (TPSA) is 98.5 Å². The van der Waals surface area contributed by atoms with Crippen molar-refractivity contribution < 1.29 is 19.2 Å². The number of carbonyl (C=O) groups is 2. The van der Waals surface area contributed by atoms with Gasteiger partial charge in [-0.1, -0.05) is 30.9 Å². The molecule has 25 heavy (non-hydrogen) atoms. The SMILES string of the molecule is CC(OC(=O)CC1CCCCC1)C(=O)Nc1cc([N+](=O)[O-])ccc1Cl. The summed E-state index contributed by atoms with van der Waals surface area (Å²) in [6.07, 6.45) is 4.78. The molecule has 1 unspecified atom stereocenters. The monoisotopic (exact) mass is 368 g/mol. The Morgan fingerprint density at radius 2 is 2.04 bits per heavy atom. The van der Waals surface area contributed by atoms with Crippen molar-refractivity contribution in [3.63, 3.8) is 0 Å². The number of nitro groups is 1. The van der Waals surface area contributed by atoms with E-state index in [9.17, 15) is 19.7 Å². The van der Waals surface area contributed by atoms with Gasteiger partial charge < -0.3 is 10.1 Å². The lowest BCUT2D eigenvalue weighted by molar-refractivity contribution is -0.384. The second kappa shape index (κ2) is 8.80. The van der Waals surface area contributed by atoms with E-state index in [1.165, 1.54) is 25.5 Å². The molecule has 0 bridgehead atoms. The Morgan fingerprint density at radius 3 is 2.68 bits per heavy atom. The minimum atomic E-state index is -1.01. The fourth-order valence-corrected chi connectivity index (χ4v) is 3.05. The Kier molecular flexibility index (Phi) is 6.75. The second-order valence-electron chi connectivity index (χ2n) is 6.25. The van der Waals surface area contributed by atoms with E-state index < -0.39 is 22.9 Å². The largest absolute Gasteiger partial charge is 0.453 e. The van der Waals surface area contributed by atoms with Crippen LogP contribution in [0.4, 0.5) is 11.4 Å². The normalized spacial score (nSPS) is 16.1. The highest BCUT2D eigenvalue weighted by atomic mass is 35.5. The molecule has 2 rings (SSSR count). The smallest absolute Gasteiger partial charge is 0.306 e. The van der Waals surface area contributed by atoms with E-state index in [1.54, 1.807) is 0 Å². The predicted molar refractivity (Wildman–Crippen MR) is 93.5 cm³/mol. The average Bonchev–Trinajstić information content (AvgIpc) is 2.57. The molecule has 1 amide bonds. The average molecular weight is 369 g/mol. The quantitative estimate of drug-likeness (QED) is 0.463. The molecule has 1 atom stereocenters. The van der Waals surface area contributed by atoms with Crippen LogP contribution in [0.5, 0.6) is 0 Å². The van der Waals surface area contributed by atoms with E-state index in [0.717, 1.165) is 31.7 Å². The first-order valence-corrected chi connectivity index (χ1v) is 8.69. The number of halogens is 1. The first kappa shape index (κ1) is 19.2. The van der Waals surface area contributed by atoms with Crippen LogP contribution in [-0.4, -0.2) is 22.9 Å². The van der Waals surface area contributed by atoms with E-state index in [0.29, 0.717) is 12.3 Å². The van der Waals surface area contributed by atoms with E-state index in [2.05, 4.69) is 5.32 Å². The van der Waals surface area contributed by atoms with Gasteiger partial charge in [0.1, 0.15) is 0 Å². The number of hydrogen-bond acceptors (Lipinski definition) is 5. The van der Waals surface area contributed by atoms with Gasteiger partial charge in [-0.3, -0.25) is 19.7 Å². The van der Waals surface area contributed by atoms with Crippen LogP contribution in [0.2, 0.25) is 5.02 Å². The highest BCUT2D eigenvalue weighted by Gasteiger charge is 2.23. The third-order valence-electron chi connectivity index (χ3n) is 4.28. The summed E-state index contributed by atoms with van der Waals surface area (Å²) in [5, 5.41) is 13.4. The van der Waals surface area contributed by atoms with Crippen LogP contribution >= 0.6 is 11.6 Å². The zero-order valence-corrected chi connectivity index (χ0v) is 14.8. The Labute approximate surface area is 150 Å². The first-order valence-electron chi connectivity index (χ1n) is 8.31. The number of esters is 1. The number of amides is 1. The van der Waals surface area contributed by atoms with Crippen molar-refractivity contribution in [2.45, 2.75) is 51.6 Å². The number of non-ortho nitro benzene ring substituents is 1. The predicted octanol–water partition coefficient (Wildman–Crippen LogP) is 4.09. The molecule has 1 aromatic carbocycles. The van der Waals surface area contributed by atoms with Crippen molar-refractivity contribution >= 4 is 34.9 Å². The molecule has 0 heterocycles. The van der Waals surface area contributed by atoms with Crippen molar-refractivity contribution in [2.75, 3.05) is 5.32 Å². The molecular formula is C17H21ClN2O5. The molecule has 0 aromatic heterocycles. The number of ether oxygens (including phenoxy) is 1. The molecule has 7 nitrogen and oxygen atoms in total. The van der Waals surface area contributed by atoms with E-state index >= 15 is 0 Å². The van der Waals surface area contributed by atoms with Crippen LogP contribution in [0.1, 0.15) is 45.4 Å². The van der Waals surface area contributed by atoms with Gasteiger partial charge in [0.2, 0.25) is 0 Å². The molecule has 8 heteroatoms. The van der Waals surface area contributed by atoms with Crippen molar-refractivity contribution in [1.29, 1.82) is 0 Å². The number of rotatable bonds is 6. The van der Waals surface area contributed by atoms with Crippen molar-refractivity contribution in [1.82, 2.24) is 0 Å². The summed E-state index contributed by atoms with van der Waals surface area (Å²) in [5.41, 5.74) is -0.0855. The van der Waals surface area contributed by atoms with Gasteiger partial charge in [0, 0.05) is 18.6 Å². The molecular weight excluding hydrogens is 348 g/mol. The first-order chi connectivity index (χ1) is 11.9. The Bertz CT molecular complexity index is 658. The van der Waals surface area contributed by atoms with Gasteiger partial charge in [0.25, 0.3) is 11.6 Å². The van der Waals surface area contributed by atoms with Crippen LogP contribution < -0.4 is 5.32 Å². The third kappa shape index (κ3) is 5.70. The van der Waals surface area contributed by atoms with Crippen LogP contribution in [0.3, 0.4) is 0 Å². The molecule has 0 radical (unpaired) electrons. The second-order valence-corrected chi connectivity index (χ2v) is 6.66. The maximum Gasteiger partial charge on any atom is 0.306 e. The number of nitro benzene ring substituents is 1. The summed E-state index contributed by atoms with van der Waals surface area (Å²) in [6.45, 7) is 1.46. The summed E-state index contributed by atoms with van der Waals surface area (Å²) < 4.78 is 5.18. The molecule has 0 spiro atoms. The Morgan fingerprint density at radius 1 is 1.36 bits per heavy atom. The lowest BCUT2D eigenvalue weighted by atomic mass is 9.87. The minimum Gasteiger partial charge on any atom is -0.453 e. The van der Waals surface area contributed by atoms with Crippen LogP contribution in [-0.2, 0) is 14.3 Å². The Balaban J connectivity index is 1.90. The fraction of sp³-hybridized carbons (Fsp3) is 0.529. The molecule has 136 valence electrons. The Hall–Kier alpha value is -2.15. The summed E-state index contributed by atoms with van der Waals surface area (Å²) >= 11 is 5.94.